The zero-order valence-electron chi connectivity index (χ0n) is 17.8. The van der Waals surface area contributed by atoms with Crippen LogP contribution in [0.15, 0.2) is 82.6 Å². The van der Waals surface area contributed by atoms with Crippen molar-refractivity contribution in [3.63, 3.8) is 0 Å². The van der Waals surface area contributed by atoms with Gasteiger partial charge < -0.3 is 5.32 Å². The second kappa shape index (κ2) is 10.4. The summed E-state index contributed by atoms with van der Waals surface area (Å²) in [4.78, 5) is 13.8. The van der Waals surface area contributed by atoms with Crippen LogP contribution in [0.2, 0.25) is 0 Å². The molecule has 0 bridgehead atoms. The van der Waals surface area contributed by atoms with Crippen molar-refractivity contribution in [2.75, 3.05) is 22.4 Å². The first-order valence-corrected chi connectivity index (χ1v) is 12.6. The summed E-state index contributed by atoms with van der Waals surface area (Å²) >= 11 is 1.55. The number of rotatable bonds is 8. The molecule has 0 heterocycles. The van der Waals surface area contributed by atoms with Crippen molar-refractivity contribution >= 4 is 39.1 Å². The molecular formula is C24H23N3O3S2. The number of nitrogens with one attached hydrogen (secondary N) is 1. The highest BCUT2D eigenvalue weighted by atomic mass is 32.2. The maximum atomic E-state index is 13.1. The Kier molecular flexibility index (Phi) is 7.57. The van der Waals surface area contributed by atoms with Crippen LogP contribution in [0.1, 0.15) is 22.8 Å². The molecule has 0 unspecified atom stereocenters. The molecule has 0 radical (unpaired) electrons. The monoisotopic (exact) mass is 465 g/mol. The summed E-state index contributed by atoms with van der Waals surface area (Å²) in [6, 6.07) is 22.4. The van der Waals surface area contributed by atoms with Gasteiger partial charge in [0.25, 0.3) is 15.9 Å². The van der Waals surface area contributed by atoms with Gasteiger partial charge in [0.2, 0.25) is 0 Å². The second-order valence-corrected chi connectivity index (χ2v) is 9.62. The molecule has 164 valence electrons. The minimum Gasteiger partial charge on any atom is -0.322 e. The molecule has 1 N–H and O–H groups in total. The van der Waals surface area contributed by atoms with E-state index in [0.29, 0.717) is 23.4 Å². The Morgan fingerprint density at radius 3 is 2.16 bits per heavy atom. The molecule has 8 heteroatoms. The van der Waals surface area contributed by atoms with E-state index in [0.717, 1.165) is 10.5 Å². The fraction of sp³-hybridized carbons (Fsp3) is 0.167. The average molecular weight is 466 g/mol. The van der Waals surface area contributed by atoms with Gasteiger partial charge in [-0.15, -0.1) is 11.8 Å². The van der Waals surface area contributed by atoms with E-state index in [9.17, 15) is 13.2 Å². The molecule has 0 saturated heterocycles. The van der Waals surface area contributed by atoms with Crippen molar-refractivity contribution in [1.29, 1.82) is 5.26 Å². The third-order valence-corrected chi connectivity index (χ3v) is 7.51. The summed E-state index contributed by atoms with van der Waals surface area (Å²) in [5.74, 6) is -0.303. The van der Waals surface area contributed by atoms with Crippen molar-refractivity contribution in [2.45, 2.75) is 23.1 Å². The van der Waals surface area contributed by atoms with Gasteiger partial charge in [-0.25, -0.2) is 8.42 Å². The van der Waals surface area contributed by atoms with Gasteiger partial charge in [-0.05, 0) is 79.4 Å². The molecule has 0 fully saturated rings. The lowest BCUT2D eigenvalue weighted by atomic mass is 10.1. The molecule has 3 aromatic rings. The summed E-state index contributed by atoms with van der Waals surface area (Å²) in [6.45, 7) is 2.03. The number of hydrogen-bond donors (Lipinski definition) is 1. The number of nitriles is 1. The third kappa shape index (κ3) is 5.31. The topological polar surface area (TPSA) is 90.3 Å². The Hall–Kier alpha value is -3.28. The molecule has 32 heavy (non-hydrogen) atoms. The van der Waals surface area contributed by atoms with E-state index in [1.54, 1.807) is 91.5 Å². The Morgan fingerprint density at radius 2 is 1.62 bits per heavy atom. The first kappa shape index (κ1) is 23.4. The normalized spacial score (nSPS) is 10.9. The van der Waals surface area contributed by atoms with E-state index in [4.69, 9.17) is 5.26 Å². The number of hydrogen-bond acceptors (Lipinski definition) is 5. The molecule has 0 aliphatic carbocycles. The Bertz CT molecular complexity index is 1220. The number of amides is 1. The van der Waals surface area contributed by atoms with Gasteiger partial charge in [0.05, 0.1) is 23.1 Å². The Labute approximate surface area is 192 Å². The van der Waals surface area contributed by atoms with E-state index in [-0.39, 0.29) is 17.3 Å². The van der Waals surface area contributed by atoms with Crippen LogP contribution in [0.3, 0.4) is 0 Å². The molecule has 0 atom stereocenters. The minimum atomic E-state index is -3.72. The molecule has 6 nitrogen and oxygen atoms in total. The Balaban J connectivity index is 1.76. The van der Waals surface area contributed by atoms with Gasteiger partial charge in [0.1, 0.15) is 0 Å². The minimum absolute atomic E-state index is 0.221. The van der Waals surface area contributed by atoms with Crippen molar-refractivity contribution < 1.29 is 13.2 Å². The molecular weight excluding hydrogens is 442 g/mol. The second-order valence-electron chi connectivity index (χ2n) is 6.88. The molecule has 3 aromatic carbocycles. The number of benzene rings is 3. The van der Waals surface area contributed by atoms with Crippen molar-refractivity contribution in [2.24, 2.45) is 0 Å². The zero-order valence-corrected chi connectivity index (χ0v) is 19.4. The molecule has 0 aromatic heterocycles. The SMILES string of the molecule is CCN(c1ccc(C(=O)Nc2ccc(CC#N)cc2)cc1)S(=O)(=O)c1ccc(SC)cc1. The number of sulfonamides is 1. The van der Waals surface area contributed by atoms with Crippen LogP contribution in [-0.2, 0) is 16.4 Å². The van der Waals surface area contributed by atoms with Crippen LogP contribution in [0, 0.1) is 11.3 Å². The van der Waals surface area contributed by atoms with Gasteiger partial charge in [0, 0.05) is 22.7 Å². The molecule has 0 aliphatic rings. The van der Waals surface area contributed by atoms with Crippen LogP contribution in [-0.4, -0.2) is 27.1 Å². The van der Waals surface area contributed by atoms with Gasteiger partial charge in [-0.3, -0.25) is 9.10 Å². The maximum Gasteiger partial charge on any atom is 0.264 e. The van der Waals surface area contributed by atoms with Crippen molar-refractivity contribution in [1.82, 2.24) is 0 Å². The van der Waals surface area contributed by atoms with Crippen LogP contribution in [0.5, 0.6) is 0 Å². The van der Waals surface area contributed by atoms with Crippen LogP contribution >= 0.6 is 11.8 Å². The van der Waals surface area contributed by atoms with E-state index < -0.39 is 10.0 Å². The molecule has 3 rings (SSSR count). The number of carbonyl (C=O) groups is 1. The fourth-order valence-electron chi connectivity index (χ4n) is 3.15. The van der Waals surface area contributed by atoms with E-state index in [2.05, 4.69) is 11.4 Å². The predicted molar refractivity (Wildman–Crippen MR) is 129 cm³/mol. The quantitative estimate of drug-likeness (QED) is 0.476. The molecule has 0 saturated carbocycles. The van der Waals surface area contributed by atoms with Crippen molar-refractivity contribution in [3.05, 3.63) is 83.9 Å². The first-order chi connectivity index (χ1) is 15.4. The molecule has 0 aliphatic heterocycles. The lowest BCUT2D eigenvalue weighted by Crippen LogP contribution is -2.30. The fourth-order valence-corrected chi connectivity index (χ4v) is 5.03. The van der Waals surface area contributed by atoms with Crippen molar-refractivity contribution in [3.8, 4) is 6.07 Å². The van der Waals surface area contributed by atoms with E-state index >= 15 is 0 Å². The van der Waals surface area contributed by atoms with Gasteiger partial charge in [0.15, 0.2) is 0 Å². The lowest BCUT2D eigenvalue weighted by molar-refractivity contribution is 0.102. The predicted octanol–water partition coefficient (Wildman–Crippen LogP) is 4.94. The highest BCUT2D eigenvalue weighted by Gasteiger charge is 2.23. The number of anilines is 2. The number of thioether (sulfide) groups is 1. The van der Waals surface area contributed by atoms with Crippen LogP contribution < -0.4 is 9.62 Å². The van der Waals surface area contributed by atoms with E-state index in [1.165, 1.54) is 4.31 Å². The third-order valence-electron chi connectivity index (χ3n) is 4.85. The molecule has 1 amide bonds. The smallest absolute Gasteiger partial charge is 0.264 e. The Morgan fingerprint density at radius 1 is 1.00 bits per heavy atom. The molecule has 0 spiro atoms. The summed E-state index contributed by atoms with van der Waals surface area (Å²) in [5.41, 5.74) is 2.39. The maximum absolute atomic E-state index is 13.1. The summed E-state index contributed by atoms with van der Waals surface area (Å²) in [5, 5.41) is 11.5. The van der Waals surface area contributed by atoms with Crippen LogP contribution in [0.4, 0.5) is 11.4 Å². The lowest BCUT2D eigenvalue weighted by Gasteiger charge is -2.23. The number of carbonyl (C=O) groups excluding carboxylic acids is 1. The summed E-state index contributed by atoms with van der Waals surface area (Å²) in [6.07, 6.45) is 2.25. The largest absolute Gasteiger partial charge is 0.322 e. The highest BCUT2D eigenvalue weighted by Crippen LogP contribution is 2.26. The van der Waals surface area contributed by atoms with Gasteiger partial charge in [-0.2, -0.15) is 5.26 Å². The summed E-state index contributed by atoms with van der Waals surface area (Å²) in [7, 11) is -3.72. The number of nitrogens with zero attached hydrogens (tertiary/aromatic N) is 2. The standard InChI is InChI=1S/C24H23N3O3S2/c1-3-27(32(29,30)23-14-12-22(31-2)13-15-23)21-10-6-19(7-11-21)24(28)26-20-8-4-18(5-9-20)16-17-25/h4-15H,3,16H2,1-2H3,(H,26,28). The first-order valence-electron chi connectivity index (χ1n) is 9.93. The zero-order chi connectivity index (χ0) is 23.1. The van der Waals surface area contributed by atoms with E-state index in [1.807, 2.05) is 6.26 Å². The highest BCUT2D eigenvalue weighted by molar-refractivity contribution is 7.98. The average Bonchev–Trinajstić information content (AvgIpc) is 2.81. The summed E-state index contributed by atoms with van der Waals surface area (Å²) < 4.78 is 27.6. The van der Waals surface area contributed by atoms with Crippen LogP contribution in [0.25, 0.3) is 0 Å². The van der Waals surface area contributed by atoms with Gasteiger partial charge >= 0.3 is 0 Å². The van der Waals surface area contributed by atoms with Gasteiger partial charge in [-0.1, -0.05) is 12.1 Å².